The summed E-state index contributed by atoms with van der Waals surface area (Å²) >= 11 is 2.37. The van der Waals surface area contributed by atoms with Gasteiger partial charge in [0.1, 0.15) is 0 Å². The van der Waals surface area contributed by atoms with Crippen LogP contribution in [0, 0.1) is 9.49 Å². The fourth-order valence-electron chi connectivity index (χ4n) is 2.99. The van der Waals surface area contributed by atoms with Crippen molar-refractivity contribution in [1.29, 1.82) is 0 Å². The molecule has 1 saturated carbocycles. The van der Waals surface area contributed by atoms with Crippen molar-refractivity contribution in [2.75, 3.05) is 7.05 Å². The highest BCUT2D eigenvalue weighted by atomic mass is 127. The van der Waals surface area contributed by atoms with Gasteiger partial charge >= 0.3 is 0 Å². The molecule has 1 unspecified atom stereocenters. The Morgan fingerprint density at radius 3 is 2.50 bits per heavy atom. The van der Waals surface area contributed by atoms with Crippen molar-refractivity contribution in [2.24, 2.45) is 5.92 Å². The van der Waals surface area contributed by atoms with E-state index < -0.39 is 0 Å². The van der Waals surface area contributed by atoms with Crippen LogP contribution in [0.4, 0.5) is 0 Å². The summed E-state index contributed by atoms with van der Waals surface area (Å²) in [6.07, 6.45) is 9.78. The summed E-state index contributed by atoms with van der Waals surface area (Å²) in [5.41, 5.74) is 1.46. The smallest absolute Gasteiger partial charge is 0.0130 e. The summed E-state index contributed by atoms with van der Waals surface area (Å²) in [5.74, 6) is 1.01. The molecule has 2 rings (SSSR count). The van der Waals surface area contributed by atoms with Gasteiger partial charge in [-0.05, 0) is 72.5 Å². The van der Waals surface area contributed by atoms with E-state index >= 15 is 0 Å². The lowest BCUT2D eigenvalue weighted by Crippen LogP contribution is -2.28. The molecule has 0 saturated heterocycles. The van der Waals surface area contributed by atoms with Gasteiger partial charge in [0, 0.05) is 9.61 Å². The van der Waals surface area contributed by atoms with Gasteiger partial charge in [-0.15, -0.1) is 0 Å². The Labute approximate surface area is 125 Å². The van der Waals surface area contributed by atoms with Crippen LogP contribution in [0.2, 0.25) is 0 Å². The van der Waals surface area contributed by atoms with Crippen LogP contribution in [0.3, 0.4) is 0 Å². The first kappa shape index (κ1) is 14.3. The van der Waals surface area contributed by atoms with E-state index in [4.69, 9.17) is 0 Å². The fraction of sp³-hybridized carbons (Fsp3) is 0.625. The van der Waals surface area contributed by atoms with E-state index in [2.05, 4.69) is 59.2 Å². The number of hydrogen-bond acceptors (Lipinski definition) is 1. The molecule has 1 nitrogen and oxygen atoms in total. The molecule has 0 heterocycles. The second kappa shape index (κ2) is 7.49. The van der Waals surface area contributed by atoms with E-state index in [9.17, 15) is 0 Å². The second-order valence-electron chi connectivity index (χ2n) is 5.54. The minimum Gasteiger partial charge on any atom is -0.317 e. The molecule has 100 valence electrons. The SMILES string of the molecule is CNC(CCC1CCCC1)Cc1ccc(I)cc1. The van der Waals surface area contributed by atoms with Gasteiger partial charge in [0.25, 0.3) is 0 Å². The molecule has 0 amide bonds. The number of halogens is 1. The van der Waals surface area contributed by atoms with E-state index in [0.29, 0.717) is 6.04 Å². The van der Waals surface area contributed by atoms with Gasteiger partial charge in [-0.1, -0.05) is 37.8 Å². The predicted octanol–water partition coefficient (Wildman–Crippen LogP) is 4.39. The Morgan fingerprint density at radius 1 is 1.22 bits per heavy atom. The summed E-state index contributed by atoms with van der Waals surface area (Å²) in [5, 5.41) is 3.49. The molecule has 0 spiro atoms. The van der Waals surface area contributed by atoms with Crippen LogP contribution in [0.5, 0.6) is 0 Å². The minimum atomic E-state index is 0.644. The van der Waals surface area contributed by atoms with Gasteiger partial charge in [-0.3, -0.25) is 0 Å². The van der Waals surface area contributed by atoms with Crippen LogP contribution in [0.1, 0.15) is 44.1 Å². The molecule has 0 bridgehead atoms. The first-order valence-electron chi connectivity index (χ1n) is 7.19. The van der Waals surface area contributed by atoms with Gasteiger partial charge in [0.15, 0.2) is 0 Å². The highest BCUT2D eigenvalue weighted by Gasteiger charge is 2.16. The fourth-order valence-corrected chi connectivity index (χ4v) is 3.35. The molecule has 0 radical (unpaired) electrons. The minimum absolute atomic E-state index is 0.644. The van der Waals surface area contributed by atoms with Crippen LogP contribution >= 0.6 is 22.6 Å². The Morgan fingerprint density at radius 2 is 1.89 bits per heavy atom. The Kier molecular flexibility index (Phi) is 5.96. The zero-order valence-corrected chi connectivity index (χ0v) is 13.4. The molecular weight excluding hydrogens is 333 g/mol. The van der Waals surface area contributed by atoms with Crippen LogP contribution < -0.4 is 5.32 Å². The van der Waals surface area contributed by atoms with Crippen molar-refractivity contribution < 1.29 is 0 Å². The van der Waals surface area contributed by atoms with Gasteiger partial charge in [0.2, 0.25) is 0 Å². The number of rotatable bonds is 6. The molecule has 1 aliphatic carbocycles. The lowest BCUT2D eigenvalue weighted by atomic mass is 9.95. The summed E-state index contributed by atoms with van der Waals surface area (Å²) in [4.78, 5) is 0. The molecule has 1 aliphatic rings. The normalized spacial score (nSPS) is 18.1. The van der Waals surface area contributed by atoms with Crippen LogP contribution in [-0.4, -0.2) is 13.1 Å². The van der Waals surface area contributed by atoms with Gasteiger partial charge in [-0.25, -0.2) is 0 Å². The lowest BCUT2D eigenvalue weighted by molar-refractivity contribution is 0.418. The molecule has 1 aromatic rings. The van der Waals surface area contributed by atoms with Crippen molar-refractivity contribution in [3.63, 3.8) is 0 Å². The molecule has 1 atom stereocenters. The Balaban J connectivity index is 1.79. The van der Waals surface area contributed by atoms with Crippen molar-refractivity contribution in [3.8, 4) is 0 Å². The largest absolute Gasteiger partial charge is 0.317 e. The van der Waals surface area contributed by atoms with Crippen LogP contribution in [-0.2, 0) is 6.42 Å². The van der Waals surface area contributed by atoms with Crippen molar-refractivity contribution in [2.45, 2.75) is 51.0 Å². The molecule has 1 aromatic carbocycles. The van der Waals surface area contributed by atoms with E-state index in [1.54, 1.807) is 0 Å². The van der Waals surface area contributed by atoms with E-state index in [0.717, 1.165) is 5.92 Å². The first-order chi connectivity index (χ1) is 8.78. The van der Waals surface area contributed by atoms with Gasteiger partial charge < -0.3 is 5.32 Å². The third kappa shape index (κ3) is 4.54. The average molecular weight is 357 g/mol. The summed E-state index contributed by atoms with van der Waals surface area (Å²) < 4.78 is 1.32. The third-order valence-corrected chi connectivity index (χ3v) is 4.92. The molecular formula is C16H24IN. The highest BCUT2D eigenvalue weighted by molar-refractivity contribution is 14.1. The molecule has 18 heavy (non-hydrogen) atoms. The third-order valence-electron chi connectivity index (χ3n) is 4.20. The van der Waals surface area contributed by atoms with Crippen molar-refractivity contribution in [3.05, 3.63) is 33.4 Å². The molecule has 1 N–H and O–H groups in total. The van der Waals surface area contributed by atoms with E-state index in [1.165, 1.54) is 54.1 Å². The average Bonchev–Trinajstić information content (AvgIpc) is 2.90. The first-order valence-corrected chi connectivity index (χ1v) is 8.27. The number of likely N-dealkylation sites (N-methyl/N-ethyl adjacent to an activating group) is 1. The van der Waals surface area contributed by atoms with Crippen LogP contribution in [0.25, 0.3) is 0 Å². The van der Waals surface area contributed by atoms with Crippen molar-refractivity contribution in [1.82, 2.24) is 5.32 Å². The zero-order chi connectivity index (χ0) is 12.8. The van der Waals surface area contributed by atoms with Gasteiger partial charge in [-0.2, -0.15) is 0 Å². The number of hydrogen-bond donors (Lipinski definition) is 1. The molecule has 2 heteroatoms. The molecule has 1 fully saturated rings. The molecule has 0 aromatic heterocycles. The highest BCUT2D eigenvalue weighted by Crippen LogP contribution is 2.29. The maximum atomic E-state index is 3.49. The topological polar surface area (TPSA) is 12.0 Å². The maximum absolute atomic E-state index is 3.49. The van der Waals surface area contributed by atoms with E-state index in [1.807, 2.05) is 0 Å². The van der Waals surface area contributed by atoms with E-state index in [-0.39, 0.29) is 0 Å². The zero-order valence-electron chi connectivity index (χ0n) is 11.3. The maximum Gasteiger partial charge on any atom is 0.0130 e. The quantitative estimate of drug-likeness (QED) is 0.745. The number of benzene rings is 1. The number of nitrogens with one attached hydrogen (secondary N) is 1. The molecule has 0 aliphatic heterocycles. The lowest BCUT2D eigenvalue weighted by Gasteiger charge is -2.18. The predicted molar refractivity (Wildman–Crippen MR) is 86.9 cm³/mol. The standard InChI is InChI=1S/C16H24IN/c1-18-16(11-8-13-4-2-3-5-13)12-14-6-9-15(17)10-7-14/h6-7,9-10,13,16,18H,2-5,8,11-12H2,1H3. The summed E-state index contributed by atoms with van der Waals surface area (Å²) in [7, 11) is 2.10. The Bertz CT molecular complexity index is 341. The second-order valence-corrected chi connectivity index (χ2v) is 6.79. The van der Waals surface area contributed by atoms with Crippen LogP contribution in [0.15, 0.2) is 24.3 Å². The van der Waals surface area contributed by atoms with Crippen molar-refractivity contribution >= 4 is 22.6 Å². The summed E-state index contributed by atoms with van der Waals surface area (Å²) in [6.45, 7) is 0. The summed E-state index contributed by atoms with van der Waals surface area (Å²) in [6, 6.07) is 9.59. The van der Waals surface area contributed by atoms with Gasteiger partial charge in [0.05, 0.1) is 0 Å². The Hall–Kier alpha value is -0.0900. The monoisotopic (exact) mass is 357 g/mol.